The van der Waals surface area contributed by atoms with Gasteiger partial charge in [0.15, 0.2) is 11.4 Å². The highest BCUT2D eigenvalue weighted by molar-refractivity contribution is 7.84. The summed E-state index contributed by atoms with van der Waals surface area (Å²) in [6.07, 6.45) is 2.76. The molecule has 0 aliphatic rings. The number of hydrogen-bond donors (Lipinski definition) is 0. The molecule has 0 amide bonds. The van der Waals surface area contributed by atoms with E-state index < -0.39 is 10.1 Å². The van der Waals surface area contributed by atoms with E-state index in [4.69, 9.17) is 13.0 Å². The Balaban J connectivity index is 0.000000621. The van der Waals surface area contributed by atoms with Crippen molar-refractivity contribution in [3.05, 3.63) is 22.5 Å². The highest BCUT2D eigenvalue weighted by atomic mass is 32.2. The van der Waals surface area contributed by atoms with Crippen molar-refractivity contribution in [3.8, 4) is 0 Å². The number of rotatable bonds is 3. The van der Waals surface area contributed by atoms with Crippen molar-refractivity contribution in [2.75, 3.05) is 25.3 Å². The number of hydrogen-bond acceptors (Lipinski definition) is 4. The standard InChI is InChI=1S/C13H22N2.CH4O3S/c1-7-11-10(4)14-12(8-2)9(3)13(11)15(5)6;1-5(2,3)4/h7-8H2,1-6H3;1H3,(H,2,3,4). The third-order valence-corrected chi connectivity index (χ3v) is 3.04. The summed E-state index contributed by atoms with van der Waals surface area (Å²) in [7, 11) is 0.334. The van der Waals surface area contributed by atoms with Gasteiger partial charge in [0.1, 0.15) is 0 Å². The van der Waals surface area contributed by atoms with Gasteiger partial charge in [-0.05, 0) is 13.3 Å². The monoisotopic (exact) mass is 302 g/mol. The summed E-state index contributed by atoms with van der Waals surface area (Å²) in [5.74, 6) is 0. The minimum absolute atomic E-state index is 0.604. The fraction of sp³-hybridized carbons (Fsp3) is 0.643. The molecule has 20 heavy (non-hydrogen) atoms. The number of nitrogens with zero attached hydrogens (tertiary/aromatic N) is 1. The smallest absolute Gasteiger partial charge is 0.184 e. The summed E-state index contributed by atoms with van der Waals surface area (Å²) in [5.41, 5.74) is 6.89. The molecule has 0 radical (unpaired) electrons. The molecule has 0 unspecified atom stereocenters. The lowest BCUT2D eigenvalue weighted by atomic mass is 10.0. The van der Waals surface area contributed by atoms with Crippen LogP contribution >= 0.6 is 0 Å². The normalized spacial score (nSPS) is 10.8. The molecule has 0 saturated carbocycles. The van der Waals surface area contributed by atoms with Gasteiger partial charge in [-0.3, -0.25) is 0 Å². The number of aryl methyl sites for hydroxylation is 2. The number of H-pyrrole nitrogens is 1. The number of anilines is 1. The Bertz CT molecular complexity index is 544. The van der Waals surface area contributed by atoms with Crippen LogP contribution in [0, 0.1) is 13.8 Å². The molecule has 1 N–H and O–H groups in total. The average Bonchev–Trinajstić information content (AvgIpc) is 2.28. The summed E-state index contributed by atoms with van der Waals surface area (Å²) < 4.78 is 27.2. The summed E-state index contributed by atoms with van der Waals surface area (Å²) in [5, 5.41) is 0. The van der Waals surface area contributed by atoms with Crippen LogP contribution in [0.4, 0.5) is 5.69 Å². The Morgan fingerprint density at radius 3 is 1.90 bits per heavy atom. The highest BCUT2D eigenvalue weighted by Gasteiger charge is 2.18. The Labute approximate surface area is 122 Å². The molecule has 5 nitrogen and oxygen atoms in total. The van der Waals surface area contributed by atoms with Gasteiger partial charge in [-0.15, -0.1) is 0 Å². The Morgan fingerprint density at radius 2 is 1.60 bits per heavy atom. The van der Waals surface area contributed by atoms with Crippen LogP contribution in [0.1, 0.15) is 36.4 Å². The topological polar surface area (TPSA) is 74.6 Å². The predicted octanol–water partition coefficient (Wildman–Crippen LogP) is 1.47. The molecule has 0 aromatic carbocycles. The maximum Gasteiger partial charge on any atom is 0.184 e. The molecule has 1 rings (SSSR count). The van der Waals surface area contributed by atoms with Crippen LogP contribution in [0.25, 0.3) is 0 Å². The molecular weight excluding hydrogens is 276 g/mol. The average molecular weight is 302 g/mol. The first kappa shape index (κ1) is 18.9. The van der Waals surface area contributed by atoms with E-state index in [1.165, 1.54) is 28.2 Å². The maximum atomic E-state index is 9.08. The van der Waals surface area contributed by atoms with E-state index in [0.717, 1.165) is 12.8 Å². The van der Waals surface area contributed by atoms with Crippen molar-refractivity contribution >= 4 is 15.8 Å². The van der Waals surface area contributed by atoms with Gasteiger partial charge >= 0.3 is 0 Å². The number of aromatic nitrogens is 1. The van der Waals surface area contributed by atoms with E-state index in [9.17, 15) is 0 Å². The van der Waals surface area contributed by atoms with Gasteiger partial charge < -0.3 is 9.45 Å². The summed E-state index contributed by atoms with van der Waals surface area (Å²) in [6.45, 7) is 8.80. The lowest BCUT2D eigenvalue weighted by Gasteiger charge is -2.20. The first-order valence-corrected chi connectivity index (χ1v) is 8.46. The molecule has 0 saturated heterocycles. The molecule has 0 fully saturated rings. The molecule has 0 spiro atoms. The molecule has 0 bridgehead atoms. The van der Waals surface area contributed by atoms with Crippen LogP contribution in [0.3, 0.4) is 0 Å². The van der Waals surface area contributed by atoms with Gasteiger partial charge in [0.25, 0.3) is 0 Å². The fourth-order valence-electron chi connectivity index (χ4n) is 2.33. The minimum atomic E-state index is -3.92. The largest absolute Gasteiger partial charge is 0.748 e. The second kappa shape index (κ2) is 7.59. The molecule has 1 aromatic rings. The van der Waals surface area contributed by atoms with Crippen molar-refractivity contribution in [2.45, 2.75) is 40.5 Å². The van der Waals surface area contributed by atoms with Crippen molar-refractivity contribution < 1.29 is 18.0 Å². The third-order valence-electron chi connectivity index (χ3n) is 3.04. The first-order chi connectivity index (χ1) is 9.02. The van der Waals surface area contributed by atoms with E-state index in [0.29, 0.717) is 6.26 Å². The molecule has 0 aliphatic carbocycles. The van der Waals surface area contributed by atoms with Gasteiger partial charge in [0.2, 0.25) is 0 Å². The predicted molar refractivity (Wildman–Crippen MR) is 81.2 cm³/mol. The molecule has 1 aromatic heterocycles. The van der Waals surface area contributed by atoms with Crippen LogP contribution in [0.15, 0.2) is 0 Å². The Hall–Kier alpha value is -1.14. The highest BCUT2D eigenvalue weighted by Crippen LogP contribution is 2.26. The fourth-order valence-corrected chi connectivity index (χ4v) is 2.33. The van der Waals surface area contributed by atoms with Gasteiger partial charge in [-0.25, -0.2) is 13.4 Å². The number of pyridine rings is 1. The maximum absolute atomic E-state index is 9.08. The SMILES string of the molecule is CCc1[nH+]c(C)c(CC)c(N(C)C)c1C.CS(=O)(=O)[O-]. The van der Waals surface area contributed by atoms with Gasteiger partial charge in [-0.1, -0.05) is 13.8 Å². The lowest BCUT2D eigenvalue weighted by Crippen LogP contribution is -2.24. The zero-order chi connectivity index (χ0) is 16.1. The minimum Gasteiger partial charge on any atom is -0.748 e. The number of nitrogens with one attached hydrogen (secondary N) is 1. The van der Waals surface area contributed by atoms with Gasteiger partial charge in [0.05, 0.1) is 15.8 Å². The van der Waals surface area contributed by atoms with E-state index in [2.05, 4.69) is 51.7 Å². The molecule has 0 aliphatic heterocycles. The van der Waals surface area contributed by atoms with Crippen molar-refractivity contribution in [1.82, 2.24) is 0 Å². The van der Waals surface area contributed by atoms with Crippen LogP contribution in [-0.2, 0) is 23.0 Å². The molecule has 1 heterocycles. The van der Waals surface area contributed by atoms with E-state index in [-0.39, 0.29) is 0 Å². The van der Waals surface area contributed by atoms with Crippen molar-refractivity contribution in [3.63, 3.8) is 0 Å². The quantitative estimate of drug-likeness (QED) is 0.792. The van der Waals surface area contributed by atoms with E-state index >= 15 is 0 Å². The van der Waals surface area contributed by atoms with Crippen LogP contribution < -0.4 is 9.88 Å². The second-order valence-electron chi connectivity index (χ2n) is 4.99. The molecule has 0 atom stereocenters. The van der Waals surface area contributed by atoms with Crippen LogP contribution in [0.2, 0.25) is 0 Å². The lowest BCUT2D eigenvalue weighted by molar-refractivity contribution is -0.400. The van der Waals surface area contributed by atoms with Crippen LogP contribution in [-0.4, -0.2) is 33.3 Å². The van der Waals surface area contributed by atoms with Crippen molar-refractivity contribution in [2.24, 2.45) is 0 Å². The zero-order valence-corrected chi connectivity index (χ0v) is 14.3. The Morgan fingerprint density at radius 1 is 1.15 bits per heavy atom. The zero-order valence-electron chi connectivity index (χ0n) is 13.5. The van der Waals surface area contributed by atoms with E-state index in [1.807, 2.05) is 0 Å². The summed E-state index contributed by atoms with van der Waals surface area (Å²) in [4.78, 5) is 5.74. The number of aromatic amines is 1. The second-order valence-corrected chi connectivity index (χ2v) is 6.39. The van der Waals surface area contributed by atoms with Crippen LogP contribution in [0.5, 0.6) is 0 Å². The van der Waals surface area contributed by atoms with E-state index in [1.54, 1.807) is 0 Å². The summed E-state index contributed by atoms with van der Waals surface area (Å²) in [6, 6.07) is 0. The molecule has 6 heteroatoms. The van der Waals surface area contributed by atoms with Gasteiger partial charge in [0, 0.05) is 44.8 Å². The molecular formula is C14H26N2O3S. The van der Waals surface area contributed by atoms with Crippen molar-refractivity contribution in [1.29, 1.82) is 0 Å². The van der Waals surface area contributed by atoms with Gasteiger partial charge in [-0.2, -0.15) is 0 Å². The molecule has 116 valence electrons. The summed E-state index contributed by atoms with van der Waals surface area (Å²) >= 11 is 0. The third kappa shape index (κ3) is 5.88. The first-order valence-electron chi connectivity index (χ1n) is 6.65. The Kier molecular flexibility index (Phi) is 7.16.